The Balaban J connectivity index is 0.00000312. The first-order valence-corrected chi connectivity index (χ1v) is 7.36. The molecular formula is C16H21F3IN5. The van der Waals surface area contributed by atoms with Crippen LogP contribution in [0.5, 0.6) is 0 Å². The minimum atomic E-state index is -4.31. The Morgan fingerprint density at radius 2 is 1.88 bits per heavy atom. The van der Waals surface area contributed by atoms with Gasteiger partial charge in [-0.2, -0.15) is 18.3 Å². The maximum absolute atomic E-state index is 12.6. The average molecular weight is 467 g/mol. The summed E-state index contributed by atoms with van der Waals surface area (Å²) in [6.45, 7) is 1.00. The molecular weight excluding hydrogens is 446 g/mol. The summed E-state index contributed by atoms with van der Waals surface area (Å²) in [6.07, 6.45) is -2.60. The van der Waals surface area contributed by atoms with E-state index in [0.29, 0.717) is 19.0 Å². The van der Waals surface area contributed by atoms with Crippen molar-refractivity contribution in [3.05, 3.63) is 53.3 Å². The number of nitrogens with zero attached hydrogens (tertiary/aromatic N) is 4. The Labute approximate surface area is 161 Å². The van der Waals surface area contributed by atoms with E-state index in [1.54, 1.807) is 17.9 Å². The third-order valence-electron chi connectivity index (χ3n) is 3.62. The number of hydrogen-bond acceptors (Lipinski definition) is 2. The van der Waals surface area contributed by atoms with Gasteiger partial charge >= 0.3 is 6.18 Å². The second-order valence-electron chi connectivity index (χ2n) is 5.40. The number of rotatable bonds is 4. The van der Waals surface area contributed by atoms with Crippen molar-refractivity contribution in [2.75, 3.05) is 14.1 Å². The molecule has 9 heteroatoms. The molecule has 0 fully saturated rings. The maximum atomic E-state index is 12.6. The highest BCUT2D eigenvalue weighted by molar-refractivity contribution is 14.0. The Bertz CT molecular complexity index is 695. The van der Waals surface area contributed by atoms with Gasteiger partial charge < -0.3 is 10.2 Å². The summed E-state index contributed by atoms with van der Waals surface area (Å²) in [5, 5.41) is 7.30. The fourth-order valence-electron chi connectivity index (χ4n) is 2.28. The highest BCUT2D eigenvalue weighted by atomic mass is 127. The van der Waals surface area contributed by atoms with Gasteiger partial charge in [-0.3, -0.25) is 9.67 Å². The molecule has 0 amide bonds. The van der Waals surface area contributed by atoms with E-state index in [0.717, 1.165) is 23.4 Å². The third-order valence-corrected chi connectivity index (χ3v) is 3.62. The molecule has 1 aromatic heterocycles. The zero-order chi connectivity index (χ0) is 17.7. The van der Waals surface area contributed by atoms with Crippen LogP contribution in [0.25, 0.3) is 0 Å². The molecule has 0 bridgehead atoms. The predicted molar refractivity (Wildman–Crippen MR) is 102 cm³/mol. The molecule has 25 heavy (non-hydrogen) atoms. The van der Waals surface area contributed by atoms with Gasteiger partial charge in [-0.1, -0.05) is 12.1 Å². The summed E-state index contributed by atoms with van der Waals surface area (Å²) in [6, 6.07) is 7.04. The minimum absolute atomic E-state index is 0. The van der Waals surface area contributed by atoms with Crippen molar-refractivity contribution in [1.82, 2.24) is 20.0 Å². The van der Waals surface area contributed by atoms with Crippen LogP contribution in [0.2, 0.25) is 0 Å². The molecule has 0 saturated carbocycles. The lowest BCUT2D eigenvalue weighted by Gasteiger charge is -2.22. The molecule has 0 unspecified atom stereocenters. The summed E-state index contributed by atoms with van der Waals surface area (Å²) < 4.78 is 39.5. The van der Waals surface area contributed by atoms with Crippen LogP contribution in [-0.2, 0) is 26.3 Å². The summed E-state index contributed by atoms with van der Waals surface area (Å²) >= 11 is 0. The minimum Gasteiger partial charge on any atom is -0.351 e. The number of alkyl halides is 3. The van der Waals surface area contributed by atoms with E-state index < -0.39 is 11.7 Å². The monoisotopic (exact) mass is 467 g/mol. The molecule has 0 spiro atoms. The Morgan fingerprint density at radius 3 is 2.36 bits per heavy atom. The zero-order valence-corrected chi connectivity index (χ0v) is 16.5. The van der Waals surface area contributed by atoms with Crippen molar-refractivity contribution < 1.29 is 13.2 Å². The summed E-state index contributed by atoms with van der Waals surface area (Å²) in [7, 11) is 5.34. The first-order chi connectivity index (χ1) is 11.3. The van der Waals surface area contributed by atoms with Crippen molar-refractivity contribution in [1.29, 1.82) is 0 Å². The number of aromatic nitrogens is 2. The van der Waals surface area contributed by atoms with Crippen molar-refractivity contribution >= 4 is 29.9 Å². The molecule has 0 saturated heterocycles. The molecule has 5 nitrogen and oxygen atoms in total. The molecule has 0 aliphatic carbocycles. The van der Waals surface area contributed by atoms with Crippen molar-refractivity contribution in [3.8, 4) is 0 Å². The van der Waals surface area contributed by atoms with Crippen LogP contribution in [0, 0.1) is 0 Å². The van der Waals surface area contributed by atoms with Gasteiger partial charge in [0, 0.05) is 33.9 Å². The topological polar surface area (TPSA) is 45.5 Å². The third kappa shape index (κ3) is 5.91. The van der Waals surface area contributed by atoms with Gasteiger partial charge in [0.1, 0.15) is 0 Å². The molecule has 138 valence electrons. The molecule has 2 aromatic rings. The number of aryl methyl sites for hydroxylation is 1. The van der Waals surface area contributed by atoms with Crippen molar-refractivity contribution in [2.45, 2.75) is 19.3 Å². The van der Waals surface area contributed by atoms with Gasteiger partial charge in [-0.15, -0.1) is 24.0 Å². The number of benzene rings is 1. The van der Waals surface area contributed by atoms with E-state index in [1.165, 1.54) is 12.1 Å². The number of aliphatic imine (C=N–C) groups is 1. The lowest BCUT2D eigenvalue weighted by Crippen LogP contribution is -2.38. The van der Waals surface area contributed by atoms with Crippen LogP contribution in [0.4, 0.5) is 13.2 Å². The number of hydrogen-bond donors (Lipinski definition) is 1. The average Bonchev–Trinajstić information content (AvgIpc) is 2.93. The molecule has 0 radical (unpaired) electrons. The molecule has 1 aromatic carbocycles. The number of nitrogens with one attached hydrogen (secondary N) is 1. The predicted octanol–water partition coefficient (Wildman–Crippen LogP) is 3.26. The first kappa shape index (κ1) is 21.3. The largest absolute Gasteiger partial charge is 0.416 e. The lowest BCUT2D eigenvalue weighted by atomic mass is 10.1. The number of guanidine groups is 1. The molecule has 1 N–H and O–H groups in total. The van der Waals surface area contributed by atoms with E-state index in [9.17, 15) is 13.2 Å². The highest BCUT2D eigenvalue weighted by Gasteiger charge is 2.29. The van der Waals surface area contributed by atoms with Crippen LogP contribution in [0.15, 0.2) is 41.5 Å². The van der Waals surface area contributed by atoms with Crippen LogP contribution in [0.1, 0.15) is 16.8 Å². The zero-order valence-electron chi connectivity index (χ0n) is 14.2. The quantitative estimate of drug-likeness (QED) is 0.427. The normalized spacial score (nSPS) is 11.8. The van der Waals surface area contributed by atoms with Crippen LogP contribution in [-0.4, -0.2) is 34.7 Å². The molecule has 0 atom stereocenters. The Kier molecular flexibility index (Phi) is 7.71. The van der Waals surface area contributed by atoms with Crippen molar-refractivity contribution in [2.24, 2.45) is 12.0 Å². The lowest BCUT2D eigenvalue weighted by molar-refractivity contribution is -0.137. The van der Waals surface area contributed by atoms with E-state index in [4.69, 9.17) is 0 Å². The standard InChI is InChI=1S/C16H20F3N5.HI/c1-20-15(21-10-14-8-9-22-24(14)3)23(2)11-12-4-6-13(7-5-12)16(17,18)19;/h4-9H,10-11H2,1-3H3,(H,20,21);1H. The van der Waals surface area contributed by atoms with E-state index in [-0.39, 0.29) is 24.0 Å². The van der Waals surface area contributed by atoms with Crippen LogP contribution >= 0.6 is 24.0 Å². The van der Waals surface area contributed by atoms with Crippen LogP contribution in [0.3, 0.4) is 0 Å². The van der Waals surface area contributed by atoms with Gasteiger partial charge in [0.2, 0.25) is 0 Å². The number of halogens is 4. The van der Waals surface area contributed by atoms with E-state index >= 15 is 0 Å². The summed E-state index contributed by atoms with van der Waals surface area (Å²) in [5.74, 6) is 0.649. The van der Waals surface area contributed by atoms with E-state index in [1.807, 2.05) is 25.1 Å². The first-order valence-electron chi connectivity index (χ1n) is 7.36. The molecule has 0 aliphatic rings. The molecule has 0 aliphatic heterocycles. The van der Waals surface area contributed by atoms with Gasteiger partial charge in [-0.25, -0.2) is 0 Å². The fourth-order valence-corrected chi connectivity index (χ4v) is 2.28. The second-order valence-corrected chi connectivity index (χ2v) is 5.40. The van der Waals surface area contributed by atoms with Gasteiger partial charge in [0.05, 0.1) is 17.8 Å². The van der Waals surface area contributed by atoms with Crippen molar-refractivity contribution in [3.63, 3.8) is 0 Å². The highest BCUT2D eigenvalue weighted by Crippen LogP contribution is 2.29. The summed E-state index contributed by atoms with van der Waals surface area (Å²) in [4.78, 5) is 6.04. The molecule has 2 rings (SSSR count). The fraction of sp³-hybridized carbons (Fsp3) is 0.375. The van der Waals surface area contributed by atoms with Gasteiger partial charge in [-0.05, 0) is 23.8 Å². The Hall–Kier alpha value is -1.78. The summed E-state index contributed by atoms with van der Waals surface area (Å²) in [5.41, 5.74) is 1.13. The second kappa shape index (κ2) is 9.07. The Morgan fingerprint density at radius 1 is 1.24 bits per heavy atom. The van der Waals surface area contributed by atoms with Gasteiger partial charge in [0.15, 0.2) is 5.96 Å². The smallest absolute Gasteiger partial charge is 0.351 e. The van der Waals surface area contributed by atoms with E-state index in [2.05, 4.69) is 15.4 Å². The van der Waals surface area contributed by atoms with Gasteiger partial charge in [0.25, 0.3) is 0 Å². The SMILES string of the molecule is CN=C(NCc1ccnn1C)N(C)Cc1ccc(C(F)(F)F)cc1.I. The maximum Gasteiger partial charge on any atom is 0.416 e. The molecule has 1 heterocycles. The van der Waals surface area contributed by atoms with Crippen LogP contribution < -0.4 is 5.32 Å².